The molecule has 0 aromatic heterocycles. The van der Waals surface area contributed by atoms with Gasteiger partial charge < -0.3 is 5.11 Å². The molecule has 4 nitrogen and oxygen atoms in total. The van der Waals surface area contributed by atoms with Crippen LogP contribution in [0.4, 0.5) is 8.78 Å². The fourth-order valence-corrected chi connectivity index (χ4v) is 2.95. The van der Waals surface area contributed by atoms with Gasteiger partial charge in [0.25, 0.3) is 0 Å². The van der Waals surface area contributed by atoms with Crippen molar-refractivity contribution < 1.29 is 22.3 Å². The van der Waals surface area contributed by atoms with Crippen LogP contribution >= 0.6 is 0 Å². The Morgan fingerprint density at radius 1 is 1.30 bits per heavy atom. The highest BCUT2D eigenvalue weighted by Crippen LogP contribution is 2.24. The molecule has 0 amide bonds. The number of hydrogen-bond acceptors (Lipinski definition) is 3. The third-order valence-corrected chi connectivity index (χ3v) is 4.79. The highest BCUT2D eigenvalue weighted by atomic mass is 32.2. The lowest BCUT2D eigenvalue weighted by atomic mass is 9.89. The topological polar surface area (TPSA) is 66.4 Å². The molecule has 0 spiro atoms. The van der Waals surface area contributed by atoms with Gasteiger partial charge in [0.15, 0.2) is 5.82 Å². The summed E-state index contributed by atoms with van der Waals surface area (Å²) in [4.78, 5) is -0.668. The predicted molar refractivity (Wildman–Crippen MR) is 71.5 cm³/mol. The molecule has 0 aliphatic rings. The van der Waals surface area contributed by atoms with Crippen LogP contribution in [-0.4, -0.2) is 19.6 Å². The first-order valence-corrected chi connectivity index (χ1v) is 7.59. The Labute approximate surface area is 117 Å². The Hall–Kier alpha value is -1.05. The van der Waals surface area contributed by atoms with Gasteiger partial charge in [-0.25, -0.2) is 21.9 Å². The summed E-state index contributed by atoms with van der Waals surface area (Å²) < 4.78 is 53.8. The number of benzene rings is 1. The summed E-state index contributed by atoms with van der Waals surface area (Å²) in [5, 5.41) is 8.91. The summed E-state index contributed by atoms with van der Waals surface area (Å²) in [5.74, 6) is -2.24. The molecule has 0 heterocycles. The molecule has 7 heteroatoms. The van der Waals surface area contributed by atoms with Crippen molar-refractivity contribution >= 4 is 10.0 Å². The Bertz CT molecular complexity index is 594. The zero-order valence-electron chi connectivity index (χ0n) is 11.9. The number of aliphatic hydroxyl groups is 1. The average Bonchev–Trinajstić information content (AvgIpc) is 2.27. The van der Waals surface area contributed by atoms with Crippen molar-refractivity contribution in [1.82, 2.24) is 4.72 Å². The Morgan fingerprint density at radius 3 is 2.30 bits per heavy atom. The highest BCUT2D eigenvalue weighted by Gasteiger charge is 2.29. The first-order chi connectivity index (χ1) is 9.00. The average molecular weight is 307 g/mol. The van der Waals surface area contributed by atoms with E-state index in [1.807, 2.05) is 20.8 Å². The lowest BCUT2D eigenvalue weighted by molar-refractivity contribution is 0.267. The van der Waals surface area contributed by atoms with Crippen LogP contribution < -0.4 is 4.72 Å². The van der Waals surface area contributed by atoms with Crippen molar-refractivity contribution in [2.24, 2.45) is 5.41 Å². The smallest absolute Gasteiger partial charge is 0.243 e. The van der Waals surface area contributed by atoms with Crippen LogP contribution in [0.25, 0.3) is 0 Å². The molecule has 1 aromatic carbocycles. The fraction of sp³-hybridized carbons (Fsp3) is 0.538. The summed E-state index contributed by atoms with van der Waals surface area (Å²) in [6, 6.07) is 1.22. The zero-order valence-corrected chi connectivity index (χ0v) is 12.7. The van der Waals surface area contributed by atoms with Crippen LogP contribution in [-0.2, 0) is 16.6 Å². The van der Waals surface area contributed by atoms with Gasteiger partial charge in [0.1, 0.15) is 10.7 Å². The summed E-state index contributed by atoms with van der Waals surface area (Å²) in [6.07, 6.45) is 0. The Kier molecular flexibility index (Phi) is 4.89. The Balaban J connectivity index is 3.24. The monoisotopic (exact) mass is 307 g/mol. The van der Waals surface area contributed by atoms with Crippen molar-refractivity contribution in [3.8, 4) is 0 Å². The molecule has 0 aliphatic heterocycles. The lowest BCUT2D eigenvalue weighted by Crippen LogP contribution is -2.41. The maximum absolute atomic E-state index is 14.0. The quantitative estimate of drug-likeness (QED) is 0.896. The number of halogens is 2. The zero-order chi connectivity index (χ0) is 15.7. The second kappa shape index (κ2) is 5.75. The molecule has 2 N–H and O–H groups in total. The SMILES string of the molecule is CC(NS(=O)(=O)c1ccc(F)c(CO)c1F)C(C)(C)C. The van der Waals surface area contributed by atoms with Gasteiger partial charge in [-0.3, -0.25) is 0 Å². The number of nitrogens with one attached hydrogen (secondary N) is 1. The van der Waals surface area contributed by atoms with Crippen LogP contribution in [0, 0.1) is 17.0 Å². The van der Waals surface area contributed by atoms with Gasteiger partial charge in [0.2, 0.25) is 10.0 Å². The lowest BCUT2D eigenvalue weighted by Gasteiger charge is -2.28. The maximum Gasteiger partial charge on any atom is 0.243 e. The maximum atomic E-state index is 14.0. The van der Waals surface area contributed by atoms with Gasteiger partial charge in [-0.2, -0.15) is 0 Å². The van der Waals surface area contributed by atoms with Crippen molar-refractivity contribution in [3.63, 3.8) is 0 Å². The Morgan fingerprint density at radius 2 is 1.85 bits per heavy atom. The summed E-state index contributed by atoms with van der Waals surface area (Å²) >= 11 is 0. The highest BCUT2D eigenvalue weighted by molar-refractivity contribution is 7.89. The number of sulfonamides is 1. The largest absolute Gasteiger partial charge is 0.391 e. The molecule has 0 saturated heterocycles. The molecule has 0 saturated carbocycles. The molecule has 1 unspecified atom stereocenters. The van der Waals surface area contributed by atoms with E-state index in [-0.39, 0.29) is 5.41 Å². The molecule has 1 rings (SSSR count). The van der Waals surface area contributed by atoms with Gasteiger partial charge in [-0.05, 0) is 24.5 Å². The summed E-state index contributed by atoms with van der Waals surface area (Å²) in [5.41, 5.74) is -1.01. The van der Waals surface area contributed by atoms with E-state index < -0.39 is 44.8 Å². The van der Waals surface area contributed by atoms with Crippen molar-refractivity contribution in [3.05, 3.63) is 29.3 Å². The van der Waals surface area contributed by atoms with E-state index in [9.17, 15) is 17.2 Å². The van der Waals surface area contributed by atoms with E-state index in [4.69, 9.17) is 5.11 Å². The minimum Gasteiger partial charge on any atom is -0.391 e. The molecule has 0 aliphatic carbocycles. The second-order valence-electron chi connectivity index (χ2n) is 5.71. The van der Waals surface area contributed by atoms with Crippen molar-refractivity contribution in [1.29, 1.82) is 0 Å². The first kappa shape index (κ1) is 17.0. The number of rotatable bonds is 4. The van der Waals surface area contributed by atoms with E-state index in [1.165, 1.54) is 0 Å². The molecule has 0 bridgehead atoms. The fourth-order valence-electron chi connectivity index (χ4n) is 1.40. The number of aliphatic hydroxyl groups excluding tert-OH is 1. The molecule has 114 valence electrons. The molecule has 20 heavy (non-hydrogen) atoms. The predicted octanol–water partition coefficient (Wildman–Crippen LogP) is 2.17. The van der Waals surface area contributed by atoms with Crippen molar-refractivity contribution in [2.45, 2.75) is 45.2 Å². The summed E-state index contributed by atoms with van der Waals surface area (Å²) in [6.45, 7) is 6.25. The van der Waals surface area contributed by atoms with Crippen LogP contribution in [0.2, 0.25) is 0 Å². The second-order valence-corrected chi connectivity index (χ2v) is 7.39. The number of hydrogen-bond donors (Lipinski definition) is 2. The van der Waals surface area contributed by atoms with Crippen LogP contribution in [0.15, 0.2) is 17.0 Å². The van der Waals surface area contributed by atoms with Gasteiger partial charge in [0.05, 0.1) is 12.2 Å². The van der Waals surface area contributed by atoms with Crippen LogP contribution in [0.1, 0.15) is 33.3 Å². The summed E-state index contributed by atoms with van der Waals surface area (Å²) in [7, 11) is -4.13. The van der Waals surface area contributed by atoms with Crippen LogP contribution in [0.5, 0.6) is 0 Å². The minimum absolute atomic E-state index is 0.358. The van der Waals surface area contributed by atoms with Gasteiger partial charge in [0, 0.05) is 6.04 Å². The van der Waals surface area contributed by atoms with Crippen LogP contribution in [0.3, 0.4) is 0 Å². The molecular formula is C13H19F2NO3S. The third kappa shape index (κ3) is 3.53. The first-order valence-electron chi connectivity index (χ1n) is 6.10. The third-order valence-electron chi connectivity index (χ3n) is 3.23. The van der Waals surface area contributed by atoms with E-state index >= 15 is 0 Å². The normalized spacial score (nSPS) is 14.3. The van der Waals surface area contributed by atoms with E-state index in [1.54, 1.807) is 6.92 Å². The van der Waals surface area contributed by atoms with E-state index in [0.717, 1.165) is 12.1 Å². The van der Waals surface area contributed by atoms with Crippen molar-refractivity contribution in [2.75, 3.05) is 0 Å². The standard InChI is InChI=1S/C13H19F2NO3S/c1-8(13(2,3)4)16-20(18,19)11-6-5-10(14)9(7-17)12(11)15/h5-6,8,16-17H,7H2,1-4H3. The van der Waals surface area contributed by atoms with Gasteiger partial charge in [-0.1, -0.05) is 20.8 Å². The molecule has 0 fully saturated rings. The van der Waals surface area contributed by atoms with E-state index in [0.29, 0.717) is 0 Å². The van der Waals surface area contributed by atoms with E-state index in [2.05, 4.69) is 4.72 Å². The van der Waals surface area contributed by atoms with Gasteiger partial charge >= 0.3 is 0 Å². The molecule has 1 atom stereocenters. The van der Waals surface area contributed by atoms with Gasteiger partial charge in [-0.15, -0.1) is 0 Å². The molecule has 1 aromatic rings. The minimum atomic E-state index is -4.13. The molecule has 0 radical (unpaired) electrons. The molecular weight excluding hydrogens is 288 g/mol.